The van der Waals surface area contributed by atoms with Crippen LogP contribution in [0.15, 0.2) is 18.2 Å². The van der Waals surface area contributed by atoms with Gasteiger partial charge in [0, 0.05) is 18.8 Å². The maximum Gasteiger partial charge on any atom is 0.411 e. The summed E-state index contributed by atoms with van der Waals surface area (Å²) in [5.41, 5.74) is 0.765. The van der Waals surface area contributed by atoms with Gasteiger partial charge >= 0.3 is 12.2 Å². The number of benzene rings is 1. The molecular weight excluding hydrogens is 341 g/mol. The maximum absolute atomic E-state index is 14.4. The average molecular weight is 367 g/mol. The molecule has 0 aliphatic carbocycles. The topological polar surface area (TPSA) is 79.9 Å². The predicted molar refractivity (Wildman–Crippen MR) is 97.1 cm³/mol. The molecule has 144 valence electrons. The van der Waals surface area contributed by atoms with Crippen molar-refractivity contribution in [2.75, 3.05) is 36.5 Å². The summed E-state index contributed by atoms with van der Waals surface area (Å²) in [5, 5.41) is 5.28. The highest BCUT2D eigenvalue weighted by molar-refractivity contribution is 5.84. The second-order valence-electron chi connectivity index (χ2n) is 6.08. The summed E-state index contributed by atoms with van der Waals surface area (Å²) in [6, 6.07) is 4.40. The fourth-order valence-electron chi connectivity index (χ4n) is 2.74. The van der Waals surface area contributed by atoms with Crippen LogP contribution in [0.5, 0.6) is 0 Å². The third kappa shape index (κ3) is 5.79. The van der Waals surface area contributed by atoms with Crippen LogP contribution in [0.3, 0.4) is 0 Å². The van der Waals surface area contributed by atoms with Crippen LogP contribution in [0.4, 0.5) is 25.4 Å². The number of carbonyl (C=O) groups is 2. The zero-order valence-corrected chi connectivity index (χ0v) is 15.2. The van der Waals surface area contributed by atoms with Gasteiger partial charge in [-0.1, -0.05) is 13.3 Å². The average Bonchev–Trinajstić information content (AvgIpc) is 3.03. The highest BCUT2D eigenvalue weighted by atomic mass is 19.1. The standard InChI is InChI=1S/C18H26FN3O4/c1-3-5-10-26-18(24)21-14-8-9-22(12-14)16-7-6-13(11-15(16)19)20-17(23)25-4-2/h6-7,11,14H,3-5,8-10,12H2,1-2H3,(H,20,23)(H,21,24). The number of amides is 2. The van der Waals surface area contributed by atoms with Crippen LogP contribution < -0.4 is 15.5 Å². The Labute approximate surface area is 152 Å². The summed E-state index contributed by atoms with van der Waals surface area (Å²) in [5.74, 6) is -0.439. The first kappa shape index (κ1) is 19.8. The quantitative estimate of drug-likeness (QED) is 0.721. The Morgan fingerprint density at radius 1 is 1.27 bits per heavy atom. The molecule has 1 aromatic carbocycles. The maximum atomic E-state index is 14.4. The van der Waals surface area contributed by atoms with Crippen LogP contribution in [-0.4, -0.2) is 44.5 Å². The van der Waals surface area contributed by atoms with Gasteiger partial charge in [-0.25, -0.2) is 14.0 Å². The molecule has 1 unspecified atom stereocenters. The Morgan fingerprint density at radius 3 is 2.77 bits per heavy atom. The lowest BCUT2D eigenvalue weighted by atomic mass is 10.2. The summed E-state index contributed by atoms with van der Waals surface area (Å²) in [6.07, 6.45) is 1.46. The molecule has 2 amide bonds. The van der Waals surface area contributed by atoms with E-state index in [4.69, 9.17) is 9.47 Å². The number of halogens is 1. The molecule has 2 N–H and O–H groups in total. The van der Waals surface area contributed by atoms with E-state index in [9.17, 15) is 14.0 Å². The van der Waals surface area contributed by atoms with Crippen LogP contribution in [0.2, 0.25) is 0 Å². The molecule has 1 fully saturated rings. The molecule has 1 aromatic rings. The van der Waals surface area contributed by atoms with E-state index in [1.54, 1.807) is 19.1 Å². The van der Waals surface area contributed by atoms with Crippen LogP contribution in [-0.2, 0) is 9.47 Å². The Bertz CT molecular complexity index is 626. The molecule has 1 aliphatic heterocycles. The first-order chi connectivity index (χ1) is 12.5. The fraction of sp³-hybridized carbons (Fsp3) is 0.556. The first-order valence-corrected chi connectivity index (χ1v) is 8.95. The van der Waals surface area contributed by atoms with E-state index in [1.165, 1.54) is 6.07 Å². The van der Waals surface area contributed by atoms with Crippen molar-refractivity contribution in [2.45, 2.75) is 39.2 Å². The van der Waals surface area contributed by atoms with Gasteiger partial charge in [-0.05, 0) is 38.0 Å². The van der Waals surface area contributed by atoms with Crippen molar-refractivity contribution >= 4 is 23.6 Å². The molecule has 1 atom stereocenters. The Balaban J connectivity index is 1.87. The van der Waals surface area contributed by atoms with Gasteiger partial charge in [0.05, 0.1) is 24.9 Å². The number of anilines is 2. The molecule has 0 aromatic heterocycles. The first-order valence-electron chi connectivity index (χ1n) is 8.95. The van der Waals surface area contributed by atoms with Crippen LogP contribution in [0, 0.1) is 5.82 Å². The smallest absolute Gasteiger partial charge is 0.411 e. The van der Waals surface area contributed by atoms with Gasteiger partial charge in [0.2, 0.25) is 0 Å². The molecule has 0 bridgehead atoms. The lowest BCUT2D eigenvalue weighted by Crippen LogP contribution is -2.37. The van der Waals surface area contributed by atoms with Crippen molar-refractivity contribution in [3.63, 3.8) is 0 Å². The van der Waals surface area contributed by atoms with Gasteiger partial charge in [-0.2, -0.15) is 0 Å². The van der Waals surface area contributed by atoms with Crippen molar-refractivity contribution in [3.8, 4) is 0 Å². The summed E-state index contributed by atoms with van der Waals surface area (Å²) in [4.78, 5) is 25.0. The van der Waals surface area contributed by atoms with Gasteiger partial charge < -0.3 is 19.7 Å². The Hall–Kier alpha value is -2.51. The van der Waals surface area contributed by atoms with Gasteiger partial charge in [0.25, 0.3) is 0 Å². The summed E-state index contributed by atoms with van der Waals surface area (Å²) in [6.45, 7) is 5.50. The molecular formula is C18H26FN3O4. The van der Waals surface area contributed by atoms with Crippen molar-refractivity contribution < 1.29 is 23.5 Å². The number of hydrogen-bond donors (Lipinski definition) is 2. The van der Waals surface area contributed by atoms with Gasteiger partial charge in [0.15, 0.2) is 0 Å². The highest BCUT2D eigenvalue weighted by Crippen LogP contribution is 2.26. The summed E-state index contributed by atoms with van der Waals surface area (Å²) < 4.78 is 24.2. The zero-order chi connectivity index (χ0) is 18.9. The third-order valence-electron chi connectivity index (χ3n) is 4.05. The Kier molecular flexibility index (Phi) is 7.50. The molecule has 8 heteroatoms. The van der Waals surface area contributed by atoms with E-state index >= 15 is 0 Å². The van der Waals surface area contributed by atoms with E-state index in [2.05, 4.69) is 10.6 Å². The minimum Gasteiger partial charge on any atom is -0.450 e. The minimum atomic E-state index is -0.619. The molecule has 1 saturated heterocycles. The van der Waals surface area contributed by atoms with Crippen LogP contribution in [0.1, 0.15) is 33.1 Å². The van der Waals surface area contributed by atoms with Crippen LogP contribution >= 0.6 is 0 Å². The SMILES string of the molecule is CCCCOC(=O)NC1CCN(c2ccc(NC(=O)OCC)cc2F)C1. The van der Waals surface area contributed by atoms with Gasteiger partial charge in [-0.15, -0.1) is 0 Å². The van der Waals surface area contributed by atoms with E-state index < -0.39 is 18.0 Å². The monoisotopic (exact) mass is 367 g/mol. The molecule has 0 spiro atoms. The fourth-order valence-corrected chi connectivity index (χ4v) is 2.74. The Morgan fingerprint density at radius 2 is 2.08 bits per heavy atom. The molecule has 2 rings (SSSR count). The number of unbranched alkanes of at least 4 members (excludes halogenated alkanes) is 1. The van der Waals surface area contributed by atoms with Gasteiger partial charge in [0.1, 0.15) is 5.82 Å². The number of rotatable bonds is 7. The number of carbonyl (C=O) groups excluding carboxylic acids is 2. The molecule has 0 saturated carbocycles. The van der Waals surface area contributed by atoms with Gasteiger partial charge in [-0.3, -0.25) is 5.32 Å². The van der Waals surface area contributed by atoms with Crippen LogP contribution in [0.25, 0.3) is 0 Å². The van der Waals surface area contributed by atoms with E-state index in [1.807, 2.05) is 11.8 Å². The molecule has 1 aliphatic rings. The number of hydrogen-bond acceptors (Lipinski definition) is 5. The molecule has 7 nitrogen and oxygen atoms in total. The summed E-state index contributed by atoms with van der Waals surface area (Å²) in [7, 11) is 0. The van der Waals surface area contributed by atoms with Crippen molar-refractivity contribution in [1.82, 2.24) is 5.32 Å². The number of nitrogens with zero attached hydrogens (tertiary/aromatic N) is 1. The lowest BCUT2D eigenvalue weighted by Gasteiger charge is -2.20. The second kappa shape index (κ2) is 9.84. The number of ether oxygens (including phenoxy) is 2. The predicted octanol–water partition coefficient (Wildman–Crippen LogP) is 3.50. The highest BCUT2D eigenvalue weighted by Gasteiger charge is 2.26. The zero-order valence-electron chi connectivity index (χ0n) is 15.2. The number of nitrogens with one attached hydrogen (secondary N) is 2. The summed E-state index contributed by atoms with van der Waals surface area (Å²) >= 11 is 0. The van der Waals surface area contributed by atoms with Crippen molar-refractivity contribution in [2.24, 2.45) is 0 Å². The molecule has 26 heavy (non-hydrogen) atoms. The van der Waals surface area contributed by atoms with E-state index in [0.717, 1.165) is 12.8 Å². The lowest BCUT2D eigenvalue weighted by molar-refractivity contribution is 0.141. The second-order valence-corrected chi connectivity index (χ2v) is 6.08. The van der Waals surface area contributed by atoms with Crippen molar-refractivity contribution in [3.05, 3.63) is 24.0 Å². The molecule has 1 heterocycles. The van der Waals surface area contributed by atoms with E-state index in [0.29, 0.717) is 37.5 Å². The number of alkyl carbamates (subject to hydrolysis) is 1. The minimum absolute atomic E-state index is 0.0825. The van der Waals surface area contributed by atoms with E-state index in [-0.39, 0.29) is 12.6 Å². The van der Waals surface area contributed by atoms with Crippen molar-refractivity contribution in [1.29, 1.82) is 0 Å². The normalized spacial score (nSPS) is 16.3. The molecule has 0 radical (unpaired) electrons. The largest absolute Gasteiger partial charge is 0.450 e. The third-order valence-corrected chi connectivity index (χ3v) is 4.05.